The van der Waals surface area contributed by atoms with Crippen LogP contribution in [-0.2, 0) is 19.6 Å². The Morgan fingerprint density at radius 2 is 1.41 bits per heavy atom. The van der Waals surface area contributed by atoms with Gasteiger partial charge in [-0.3, -0.25) is 9.59 Å². The predicted molar refractivity (Wildman–Crippen MR) is 138 cm³/mol. The summed E-state index contributed by atoms with van der Waals surface area (Å²) >= 11 is 0. The highest BCUT2D eigenvalue weighted by atomic mass is 32.2. The molecule has 0 unspecified atom stereocenters. The number of hydrogen-bond donors (Lipinski definition) is 3. The number of carbonyl (C=O) groups is 3. The lowest BCUT2D eigenvalue weighted by Crippen LogP contribution is -2.46. The Balaban J connectivity index is 1.67. The average Bonchev–Trinajstić information content (AvgIpc) is 2.89. The fraction of sp³-hybridized carbons (Fsp3) is 0.160. The van der Waals surface area contributed by atoms with E-state index in [1.807, 2.05) is 0 Å². The van der Waals surface area contributed by atoms with E-state index < -0.39 is 45.6 Å². The second kappa shape index (κ2) is 12.4. The fourth-order valence-electron chi connectivity index (χ4n) is 3.35. The van der Waals surface area contributed by atoms with Gasteiger partial charge in [0.05, 0.1) is 11.4 Å². The average molecular weight is 564 g/mol. The molecule has 3 N–H and O–H groups in total. The smallest absolute Gasteiger partial charge is 0.329 e. The van der Waals surface area contributed by atoms with Crippen molar-refractivity contribution in [1.29, 1.82) is 0 Å². The first-order valence-corrected chi connectivity index (χ1v) is 12.8. The molecule has 39 heavy (non-hydrogen) atoms. The van der Waals surface area contributed by atoms with Crippen LogP contribution in [-0.4, -0.2) is 52.7 Å². The lowest BCUT2D eigenvalue weighted by molar-refractivity contribution is -0.138. The summed E-state index contributed by atoms with van der Waals surface area (Å²) in [6.45, 7) is -0.875. The van der Waals surface area contributed by atoms with E-state index in [1.165, 1.54) is 15.9 Å². The van der Waals surface area contributed by atoms with Crippen molar-refractivity contribution in [3.05, 3.63) is 84.9 Å². The van der Waals surface area contributed by atoms with Gasteiger partial charge in [0.2, 0.25) is 21.8 Å². The first-order chi connectivity index (χ1) is 18.4. The number of nitrogens with one attached hydrogen (secondary N) is 3. The summed E-state index contributed by atoms with van der Waals surface area (Å²) < 4.78 is 61.8. The Morgan fingerprint density at radius 3 is 2.00 bits per heavy atom. The first-order valence-electron chi connectivity index (χ1n) is 11.3. The minimum absolute atomic E-state index is 0.135. The summed E-state index contributed by atoms with van der Waals surface area (Å²) in [6.07, 6.45) is -5.18. The summed E-state index contributed by atoms with van der Waals surface area (Å²) in [6, 6.07) is 20.3. The number of hydrogen-bond acceptors (Lipinski definition) is 5. The topological polar surface area (TPSA) is 128 Å². The van der Waals surface area contributed by atoms with Gasteiger partial charge in [0, 0.05) is 24.1 Å². The van der Waals surface area contributed by atoms with Crippen LogP contribution in [0.5, 0.6) is 0 Å². The van der Waals surface area contributed by atoms with Crippen molar-refractivity contribution >= 4 is 44.9 Å². The molecule has 0 saturated heterocycles. The van der Waals surface area contributed by atoms with Crippen molar-refractivity contribution in [2.75, 3.05) is 35.3 Å². The van der Waals surface area contributed by atoms with E-state index in [9.17, 15) is 36.0 Å². The molecule has 4 amide bonds. The Labute approximate surface area is 222 Å². The molecule has 0 spiro atoms. The predicted octanol–water partition coefficient (Wildman–Crippen LogP) is 3.30. The molecular formula is C25H24F3N5O5S. The summed E-state index contributed by atoms with van der Waals surface area (Å²) in [5, 5.41) is 4.56. The molecule has 0 fully saturated rings. The van der Waals surface area contributed by atoms with E-state index in [1.54, 1.807) is 67.7 Å². The number of amides is 4. The van der Waals surface area contributed by atoms with Gasteiger partial charge < -0.3 is 20.4 Å². The molecule has 0 aliphatic carbocycles. The van der Waals surface area contributed by atoms with E-state index in [0.29, 0.717) is 16.1 Å². The molecule has 0 radical (unpaired) electrons. The number of urea groups is 1. The molecule has 0 heterocycles. The number of alkyl halides is 3. The molecule has 0 saturated carbocycles. The van der Waals surface area contributed by atoms with Crippen LogP contribution in [0, 0.1) is 0 Å². The number of anilines is 3. The zero-order valence-corrected chi connectivity index (χ0v) is 21.3. The highest BCUT2D eigenvalue weighted by Gasteiger charge is 2.35. The number of halogens is 3. The quantitative estimate of drug-likeness (QED) is 0.344. The second-order valence-corrected chi connectivity index (χ2v) is 9.72. The fourth-order valence-corrected chi connectivity index (χ4v) is 4.31. The van der Waals surface area contributed by atoms with Crippen LogP contribution in [0.1, 0.15) is 0 Å². The molecule has 0 aliphatic rings. The van der Waals surface area contributed by atoms with Crippen LogP contribution >= 0.6 is 0 Å². The van der Waals surface area contributed by atoms with E-state index in [0.717, 1.165) is 18.2 Å². The van der Waals surface area contributed by atoms with Crippen LogP contribution in [0.4, 0.5) is 35.0 Å². The molecule has 14 heteroatoms. The van der Waals surface area contributed by atoms with E-state index in [2.05, 4.69) is 10.6 Å². The lowest BCUT2D eigenvalue weighted by atomic mass is 10.2. The third kappa shape index (κ3) is 8.55. The Hall–Kier alpha value is -4.43. The van der Waals surface area contributed by atoms with Crippen molar-refractivity contribution in [1.82, 2.24) is 10.0 Å². The lowest BCUT2D eigenvalue weighted by Gasteiger charge is -2.25. The monoisotopic (exact) mass is 563 g/mol. The number of likely N-dealkylation sites (N-methyl/N-ethyl adjacent to an activating group) is 1. The molecule has 3 aromatic rings. The molecular weight excluding hydrogens is 539 g/mol. The third-order valence-corrected chi connectivity index (χ3v) is 6.61. The number of nitrogens with zero attached hydrogens (tertiary/aromatic N) is 2. The van der Waals surface area contributed by atoms with Gasteiger partial charge >= 0.3 is 12.3 Å². The molecule has 206 valence electrons. The van der Waals surface area contributed by atoms with E-state index in [-0.39, 0.29) is 12.2 Å². The highest BCUT2D eigenvalue weighted by Crippen LogP contribution is 2.20. The zero-order valence-electron chi connectivity index (χ0n) is 20.5. The second-order valence-electron chi connectivity index (χ2n) is 8.04. The largest absolute Gasteiger partial charge is 0.470 e. The van der Waals surface area contributed by atoms with Gasteiger partial charge in [-0.2, -0.15) is 13.2 Å². The van der Waals surface area contributed by atoms with Crippen molar-refractivity contribution in [3.8, 4) is 0 Å². The number of para-hydroxylation sites is 2. The van der Waals surface area contributed by atoms with Crippen molar-refractivity contribution < 1.29 is 36.0 Å². The SMILES string of the molecule is CN(C(=O)CN(C(=O)CNC(=O)Nc1cccc(S(=O)(=O)NC(F)(F)F)c1)c1ccccc1)c1ccccc1. The van der Waals surface area contributed by atoms with Gasteiger partial charge in [-0.05, 0) is 42.5 Å². The van der Waals surface area contributed by atoms with Crippen molar-refractivity contribution in [3.63, 3.8) is 0 Å². The van der Waals surface area contributed by atoms with Gasteiger partial charge in [-0.1, -0.05) is 42.5 Å². The van der Waals surface area contributed by atoms with Crippen LogP contribution in [0.2, 0.25) is 0 Å². The van der Waals surface area contributed by atoms with E-state index in [4.69, 9.17) is 0 Å². The summed E-state index contributed by atoms with van der Waals surface area (Å²) in [5.41, 5.74) is 0.898. The number of rotatable bonds is 9. The van der Waals surface area contributed by atoms with E-state index >= 15 is 0 Å². The normalized spacial score (nSPS) is 11.4. The Kier molecular flexibility index (Phi) is 9.27. The van der Waals surface area contributed by atoms with Gasteiger partial charge in [-0.25, -0.2) is 13.2 Å². The minimum Gasteiger partial charge on any atom is -0.329 e. The first kappa shape index (κ1) is 29.1. The van der Waals surface area contributed by atoms with Crippen molar-refractivity contribution in [2.45, 2.75) is 11.2 Å². The minimum atomic E-state index is -5.18. The van der Waals surface area contributed by atoms with Crippen molar-refractivity contribution in [2.24, 2.45) is 0 Å². The molecule has 3 aromatic carbocycles. The van der Waals surface area contributed by atoms with Crippen LogP contribution in [0.15, 0.2) is 89.8 Å². The van der Waals surface area contributed by atoms with Gasteiger partial charge in [0.25, 0.3) is 0 Å². The maximum atomic E-state index is 13.0. The molecule has 0 aromatic heterocycles. The Bertz CT molecular complexity index is 1420. The molecule has 0 bridgehead atoms. The summed E-state index contributed by atoms with van der Waals surface area (Å²) in [4.78, 5) is 40.2. The van der Waals surface area contributed by atoms with Crippen LogP contribution in [0.25, 0.3) is 0 Å². The molecule has 0 atom stereocenters. The molecule has 0 aliphatic heterocycles. The summed E-state index contributed by atoms with van der Waals surface area (Å²) in [7, 11) is -3.36. The van der Waals surface area contributed by atoms with Crippen LogP contribution < -0.4 is 25.2 Å². The van der Waals surface area contributed by atoms with Gasteiger partial charge in [-0.15, -0.1) is 4.72 Å². The van der Waals surface area contributed by atoms with Gasteiger partial charge in [0.15, 0.2) is 0 Å². The zero-order chi connectivity index (χ0) is 28.6. The number of benzene rings is 3. The Morgan fingerprint density at radius 1 is 0.821 bits per heavy atom. The maximum absolute atomic E-state index is 13.0. The standard InChI is InChI=1S/C25H24F3N5O5S/c1-32(19-10-4-2-5-11-19)23(35)17-33(20-12-6-3-7-13-20)22(34)16-29-24(36)30-18-9-8-14-21(15-18)39(37,38)31-25(26,27)28/h2-15,31H,16-17H2,1H3,(H2,29,30,36). The third-order valence-electron chi connectivity index (χ3n) is 5.23. The molecule has 3 rings (SSSR count). The maximum Gasteiger partial charge on any atom is 0.470 e. The number of sulfonamides is 1. The molecule has 10 nitrogen and oxygen atoms in total. The van der Waals surface area contributed by atoms with Gasteiger partial charge in [0.1, 0.15) is 6.54 Å². The number of carbonyl (C=O) groups excluding carboxylic acids is 3. The van der Waals surface area contributed by atoms with Crippen LogP contribution in [0.3, 0.4) is 0 Å². The highest BCUT2D eigenvalue weighted by molar-refractivity contribution is 7.89. The summed E-state index contributed by atoms with van der Waals surface area (Å²) in [5.74, 6) is -1.02.